The smallest absolute Gasteiger partial charge is 0.411 e. The standard InChI is InChI=1S/C21H23F6N9O4/c22-20(23,24)10-39-8-7-36-16-15(13(33-36)9-40-11-21(25,26)27)31-18(34-3-5-35(6-4-34)19(37)38)32-17(16)30-14-1-2-28-12-29-14/h1-2,12H,3-11H2,(H,37,38)(H,28,29,30,31,32). The minimum Gasteiger partial charge on any atom is -0.465 e. The van der Waals surface area contributed by atoms with E-state index in [0.29, 0.717) is 0 Å². The second-order valence-electron chi connectivity index (χ2n) is 8.49. The lowest BCUT2D eigenvalue weighted by atomic mass is 10.3. The van der Waals surface area contributed by atoms with Crippen LogP contribution in [0, 0.1) is 0 Å². The molecule has 40 heavy (non-hydrogen) atoms. The number of ether oxygens (including phenoxy) is 2. The van der Waals surface area contributed by atoms with Gasteiger partial charge in [0.25, 0.3) is 0 Å². The summed E-state index contributed by atoms with van der Waals surface area (Å²) >= 11 is 0. The van der Waals surface area contributed by atoms with Crippen LogP contribution in [0.15, 0.2) is 18.6 Å². The summed E-state index contributed by atoms with van der Waals surface area (Å²) in [5.41, 5.74) is 0.224. The molecule has 1 aliphatic rings. The van der Waals surface area contributed by atoms with Crippen LogP contribution in [0.4, 0.5) is 48.7 Å². The number of hydrogen-bond donors (Lipinski definition) is 2. The van der Waals surface area contributed by atoms with Crippen LogP contribution in [0.5, 0.6) is 0 Å². The number of anilines is 3. The van der Waals surface area contributed by atoms with E-state index >= 15 is 0 Å². The number of nitrogens with zero attached hydrogens (tertiary/aromatic N) is 8. The Bertz CT molecular complexity index is 1300. The third-order valence-electron chi connectivity index (χ3n) is 5.52. The van der Waals surface area contributed by atoms with Gasteiger partial charge in [0.1, 0.15) is 42.1 Å². The molecule has 0 saturated carbocycles. The molecule has 4 rings (SSSR count). The van der Waals surface area contributed by atoms with Crippen LogP contribution in [0.3, 0.4) is 0 Å². The Morgan fingerprint density at radius 2 is 1.73 bits per heavy atom. The Kier molecular flexibility index (Phi) is 8.72. The Balaban J connectivity index is 1.72. The van der Waals surface area contributed by atoms with Crippen molar-refractivity contribution in [1.29, 1.82) is 0 Å². The molecule has 0 spiro atoms. The van der Waals surface area contributed by atoms with Crippen molar-refractivity contribution < 1.29 is 45.7 Å². The van der Waals surface area contributed by atoms with Crippen molar-refractivity contribution in [2.45, 2.75) is 25.5 Å². The van der Waals surface area contributed by atoms with Gasteiger partial charge in [-0.15, -0.1) is 0 Å². The molecule has 3 aromatic rings. The van der Waals surface area contributed by atoms with Gasteiger partial charge in [0, 0.05) is 32.4 Å². The highest BCUT2D eigenvalue weighted by atomic mass is 19.4. The van der Waals surface area contributed by atoms with Crippen molar-refractivity contribution in [3.8, 4) is 0 Å². The number of rotatable bonds is 10. The van der Waals surface area contributed by atoms with Crippen molar-refractivity contribution >= 4 is 34.7 Å². The molecule has 0 unspecified atom stereocenters. The number of fused-ring (bicyclic) bond motifs is 1. The summed E-state index contributed by atoms with van der Waals surface area (Å²) in [6.45, 7) is -3.54. The Morgan fingerprint density at radius 3 is 2.35 bits per heavy atom. The maximum atomic E-state index is 12.7. The molecule has 0 bridgehead atoms. The molecule has 13 nitrogen and oxygen atoms in total. The molecule has 1 fully saturated rings. The number of carbonyl (C=O) groups is 1. The maximum Gasteiger partial charge on any atom is 0.411 e. The molecule has 19 heteroatoms. The van der Waals surface area contributed by atoms with Gasteiger partial charge < -0.3 is 29.7 Å². The first-order valence-electron chi connectivity index (χ1n) is 11.7. The molecular weight excluding hydrogens is 556 g/mol. The zero-order valence-electron chi connectivity index (χ0n) is 20.6. The van der Waals surface area contributed by atoms with Gasteiger partial charge in [-0.05, 0) is 6.07 Å². The summed E-state index contributed by atoms with van der Waals surface area (Å²) in [5, 5.41) is 16.4. The van der Waals surface area contributed by atoms with Crippen molar-refractivity contribution in [3.63, 3.8) is 0 Å². The van der Waals surface area contributed by atoms with Crippen LogP contribution in [-0.2, 0) is 22.6 Å². The fraction of sp³-hybridized carbons (Fsp3) is 0.524. The van der Waals surface area contributed by atoms with E-state index in [0.717, 1.165) is 0 Å². The number of halogens is 6. The van der Waals surface area contributed by atoms with Gasteiger partial charge in [0.05, 0.1) is 19.8 Å². The number of alkyl halides is 6. The Labute approximate surface area is 221 Å². The molecule has 1 saturated heterocycles. The average molecular weight is 579 g/mol. The Hall–Kier alpha value is -4.00. The van der Waals surface area contributed by atoms with E-state index in [-0.39, 0.29) is 67.0 Å². The zero-order valence-corrected chi connectivity index (χ0v) is 20.6. The molecule has 4 heterocycles. The number of aromatic nitrogens is 6. The summed E-state index contributed by atoms with van der Waals surface area (Å²) in [4.78, 5) is 31.1. The first kappa shape index (κ1) is 29.0. The van der Waals surface area contributed by atoms with Gasteiger partial charge in [-0.1, -0.05) is 0 Å². The largest absolute Gasteiger partial charge is 0.465 e. The van der Waals surface area contributed by atoms with E-state index in [9.17, 15) is 36.2 Å². The maximum absolute atomic E-state index is 12.7. The topological polar surface area (TPSA) is 144 Å². The van der Waals surface area contributed by atoms with Crippen molar-refractivity contribution in [3.05, 3.63) is 24.3 Å². The SMILES string of the molecule is O=C(O)N1CCN(c2nc(Nc3ccncn3)c3c(n2)c(COCC(F)(F)F)nn3CCOCC(F)(F)F)CC1. The third-order valence-corrected chi connectivity index (χ3v) is 5.52. The number of nitrogens with one attached hydrogen (secondary N) is 1. The summed E-state index contributed by atoms with van der Waals surface area (Å²) < 4.78 is 86.5. The van der Waals surface area contributed by atoms with E-state index in [2.05, 4.69) is 35.1 Å². The lowest BCUT2D eigenvalue weighted by molar-refractivity contribution is -0.177. The molecule has 0 atom stereocenters. The number of hydrogen-bond acceptors (Lipinski definition) is 10. The lowest BCUT2D eigenvalue weighted by Crippen LogP contribution is -2.48. The van der Waals surface area contributed by atoms with Crippen LogP contribution < -0.4 is 10.2 Å². The molecule has 0 aliphatic carbocycles. The number of carboxylic acid groups (broad SMARTS) is 1. The quantitative estimate of drug-likeness (QED) is 0.270. The predicted molar refractivity (Wildman–Crippen MR) is 125 cm³/mol. The molecule has 0 radical (unpaired) electrons. The van der Waals surface area contributed by atoms with Crippen molar-refractivity contribution in [1.82, 2.24) is 34.6 Å². The van der Waals surface area contributed by atoms with Gasteiger partial charge in [-0.3, -0.25) is 4.68 Å². The predicted octanol–water partition coefficient (Wildman–Crippen LogP) is 2.82. The monoisotopic (exact) mass is 579 g/mol. The highest BCUT2D eigenvalue weighted by Crippen LogP contribution is 2.30. The number of amides is 1. The van der Waals surface area contributed by atoms with Crippen LogP contribution >= 0.6 is 0 Å². The minimum absolute atomic E-state index is 0.0198. The fourth-order valence-electron chi connectivity index (χ4n) is 3.81. The second kappa shape index (κ2) is 12.0. The van der Waals surface area contributed by atoms with Crippen molar-refractivity contribution in [2.75, 3.05) is 56.2 Å². The fourth-order valence-corrected chi connectivity index (χ4v) is 3.81. The lowest BCUT2D eigenvalue weighted by Gasteiger charge is -2.33. The third kappa shape index (κ3) is 7.78. The van der Waals surface area contributed by atoms with Gasteiger partial charge in [-0.25, -0.2) is 19.7 Å². The molecule has 218 valence electrons. The second-order valence-corrected chi connectivity index (χ2v) is 8.49. The van der Waals surface area contributed by atoms with Gasteiger partial charge in [0.2, 0.25) is 5.95 Å². The van der Waals surface area contributed by atoms with Crippen LogP contribution in [0.1, 0.15) is 5.69 Å². The average Bonchev–Trinajstić information content (AvgIpc) is 3.23. The molecule has 1 aliphatic heterocycles. The normalized spacial score (nSPS) is 14.7. The summed E-state index contributed by atoms with van der Waals surface area (Å²) in [5.74, 6) is 0.511. The molecular formula is C21H23F6N9O4. The van der Waals surface area contributed by atoms with Gasteiger partial charge in [0.15, 0.2) is 5.82 Å². The van der Waals surface area contributed by atoms with Gasteiger partial charge in [-0.2, -0.15) is 36.4 Å². The zero-order chi connectivity index (χ0) is 28.9. The highest BCUT2D eigenvalue weighted by molar-refractivity contribution is 5.90. The summed E-state index contributed by atoms with van der Waals surface area (Å²) in [6, 6.07) is 1.51. The van der Waals surface area contributed by atoms with E-state index in [1.807, 2.05) is 0 Å². The van der Waals surface area contributed by atoms with Crippen LogP contribution in [0.2, 0.25) is 0 Å². The molecule has 1 amide bonds. The highest BCUT2D eigenvalue weighted by Gasteiger charge is 2.30. The van der Waals surface area contributed by atoms with Gasteiger partial charge >= 0.3 is 18.4 Å². The summed E-state index contributed by atoms with van der Waals surface area (Å²) in [6.07, 6.45) is -7.54. The summed E-state index contributed by atoms with van der Waals surface area (Å²) in [7, 11) is 0. The minimum atomic E-state index is -4.60. The van der Waals surface area contributed by atoms with E-state index in [1.54, 1.807) is 4.90 Å². The van der Waals surface area contributed by atoms with Crippen LogP contribution in [-0.4, -0.2) is 104 Å². The van der Waals surface area contributed by atoms with Crippen molar-refractivity contribution in [2.24, 2.45) is 0 Å². The number of piperazine rings is 1. The van der Waals surface area contributed by atoms with E-state index < -0.39 is 44.9 Å². The Morgan fingerprint density at radius 1 is 1.02 bits per heavy atom. The van der Waals surface area contributed by atoms with Crippen LogP contribution in [0.25, 0.3) is 11.0 Å². The van der Waals surface area contributed by atoms with E-state index in [1.165, 1.54) is 28.2 Å². The first-order valence-corrected chi connectivity index (χ1v) is 11.7. The first-order chi connectivity index (χ1) is 18.9. The van der Waals surface area contributed by atoms with E-state index in [4.69, 9.17) is 4.74 Å². The molecule has 3 aromatic heterocycles. The molecule has 2 N–H and O–H groups in total. The molecule has 0 aromatic carbocycles.